The van der Waals surface area contributed by atoms with E-state index < -0.39 is 0 Å². The molecule has 0 aliphatic heterocycles. The predicted octanol–water partition coefficient (Wildman–Crippen LogP) is 30.2. The van der Waals surface area contributed by atoms with Crippen molar-refractivity contribution in [2.75, 3.05) is 0 Å². The van der Waals surface area contributed by atoms with Crippen molar-refractivity contribution in [3.63, 3.8) is 0 Å². The minimum Gasteiger partial charge on any atom is -0.309 e. The molecule has 0 N–H and O–H groups in total. The van der Waals surface area contributed by atoms with Gasteiger partial charge in [-0.1, -0.05) is 259 Å². The van der Waals surface area contributed by atoms with Gasteiger partial charge in [0.15, 0.2) is 0 Å². The molecule has 22 rings (SSSR count). The molecule has 0 bridgehead atoms. The van der Waals surface area contributed by atoms with Crippen LogP contribution in [0.2, 0.25) is 15.9 Å². The molecule has 108 heavy (non-hydrogen) atoms. The molecule has 0 radical (unpaired) electrons. The van der Waals surface area contributed by atoms with Gasteiger partial charge in [-0.25, -0.2) is 29.9 Å². The van der Waals surface area contributed by atoms with E-state index in [1.165, 1.54) is 115 Å². The molecule has 0 atom stereocenters. The first kappa shape index (κ1) is 69.9. The van der Waals surface area contributed by atoms with Crippen LogP contribution in [0.4, 0.5) is 0 Å². The van der Waals surface area contributed by atoms with Gasteiger partial charge in [-0.2, -0.15) is 0 Å². The van der Waals surface area contributed by atoms with Crippen molar-refractivity contribution < 1.29 is 0 Å². The average molecular weight is 1540 g/mol. The summed E-state index contributed by atoms with van der Waals surface area (Å²) in [7, 11) is 0. The predicted molar refractivity (Wildman–Crippen MR) is 473 cm³/mol. The zero-order valence-electron chi connectivity index (χ0n) is 55.2. The lowest BCUT2D eigenvalue weighted by atomic mass is 9.97. The van der Waals surface area contributed by atoms with Gasteiger partial charge in [0.25, 0.3) is 0 Å². The van der Waals surface area contributed by atoms with Crippen LogP contribution in [0, 0.1) is 0 Å². The molecule has 0 fully saturated rings. The van der Waals surface area contributed by atoms with Gasteiger partial charge in [-0.3, -0.25) is 0 Å². The van der Waals surface area contributed by atoms with Gasteiger partial charge in [-0.15, -0.1) is 56.7 Å². The number of nitrogens with zero attached hydrogens (tertiary/aromatic N) is 7. The van der Waals surface area contributed by atoms with Crippen LogP contribution in [0.3, 0.4) is 0 Å². The van der Waals surface area contributed by atoms with E-state index >= 15 is 0 Å². The molecule has 9 heterocycles. The van der Waals surface area contributed by atoms with Crippen molar-refractivity contribution in [2.45, 2.75) is 22.3 Å². The van der Waals surface area contributed by atoms with Crippen LogP contribution in [-0.2, 0) is 0 Å². The zero-order chi connectivity index (χ0) is 69.8. The number of aromatic nitrogens is 7. The second-order valence-electron chi connectivity index (χ2n) is 25.6. The molecule has 0 saturated carbocycles. The SMILES string of the molecule is C.C.C.Clc1nc(-c2ccc(-c3ccc4c(c3)c3ccccc3n4-c3ccccc3)cc2)c2c(n1)sc1ccccc12.Clc1nc(-c2ccc(-c3cccc4c3sc3ccccc34)cc2)c2c(n1)sc1ccccc12.Clc1nc(-c2ccc(-c3cccc4sc5ccccc5c34)cc2)c2c(n1)sc1ccccc12. The number of hydrogen-bond acceptors (Lipinski definition) is 11. The fourth-order valence-electron chi connectivity index (χ4n) is 14.9. The highest BCUT2D eigenvalue weighted by atomic mass is 35.5. The van der Waals surface area contributed by atoms with E-state index in [-0.39, 0.29) is 38.1 Å². The summed E-state index contributed by atoms with van der Waals surface area (Å²) in [5.41, 5.74) is 16.5. The third-order valence-corrected chi connectivity index (χ3v) is 25.6. The number of fused-ring (bicyclic) bond motifs is 18. The lowest BCUT2D eigenvalue weighted by Gasteiger charge is -2.09. The smallest absolute Gasteiger partial charge is 0.224 e. The van der Waals surface area contributed by atoms with Crippen molar-refractivity contribution in [3.8, 4) is 72.8 Å². The molecule has 22 aromatic rings. The summed E-state index contributed by atoms with van der Waals surface area (Å²) in [6, 6.07) is 107. The number of thiophene rings is 5. The lowest BCUT2D eigenvalue weighted by Crippen LogP contribution is -1.92. The molecular formula is C93H62Cl3N7S5. The Labute approximate surface area is 657 Å². The fraction of sp³-hybridized carbons (Fsp3) is 0.0323. The van der Waals surface area contributed by atoms with Crippen LogP contribution in [0.25, 0.3) is 196 Å². The molecule has 0 saturated heterocycles. The van der Waals surface area contributed by atoms with E-state index in [9.17, 15) is 0 Å². The Hall–Kier alpha value is -11.1. The minimum absolute atomic E-state index is 0. The highest BCUT2D eigenvalue weighted by Crippen LogP contribution is 2.47. The highest BCUT2D eigenvalue weighted by molar-refractivity contribution is 7.27. The van der Waals surface area contributed by atoms with Crippen LogP contribution in [0.15, 0.2) is 303 Å². The van der Waals surface area contributed by atoms with Crippen LogP contribution in [0.1, 0.15) is 22.3 Å². The Morgan fingerprint density at radius 3 is 1.09 bits per heavy atom. The van der Waals surface area contributed by atoms with E-state index in [2.05, 4.69) is 338 Å². The number of benzene rings is 13. The first-order chi connectivity index (χ1) is 51.8. The van der Waals surface area contributed by atoms with E-state index in [0.29, 0.717) is 0 Å². The maximum absolute atomic E-state index is 6.36. The Morgan fingerprint density at radius 1 is 0.231 bits per heavy atom. The van der Waals surface area contributed by atoms with Crippen LogP contribution in [0.5, 0.6) is 0 Å². The van der Waals surface area contributed by atoms with Crippen LogP contribution in [-0.4, -0.2) is 34.5 Å². The normalized spacial score (nSPS) is 11.4. The van der Waals surface area contributed by atoms with Gasteiger partial charge in [0.2, 0.25) is 15.9 Å². The van der Waals surface area contributed by atoms with E-state index in [0.717, 1.165) is 81.1 Å². The fourth-order valence-corrected chi connectivity index (χ4v) is 21.1. The van der Waals surface area contributed by atoms with Crippen molar-refractivity contribution in [2.24, 2.45) is 0 Å². The molecule has 0 aliphatic rings. The molecule has 7 nitrogen and oxygen atoms in total. The van der Waals surface area contributed by atoms with Gasteiger partial charge in [0.05, 0.1) is 28.1 Å². The first-order valence-electron chi connectivity index (χ1n) is 34.0. The Morgan fingerprint density at radius 2 is 0.583 bits per heavy atom. The number of halogens is 3. The molecule has 9 aromatic heterocycles. The van der Waals surface area contributed by atoms with Crippen molar-refractivity contribution in [1.29, 1.82) is 0 Å². The molecular weight excluding hydrogens is 1480 g/mol. The molecule has 15 heteroatoms. The summed E-state index contributed by atoms with van der Waals surface area (Å²) in [5, 5.41) is 15.3. The third kappa shape index (κ3) is 12.2. The van der Waals surface area contributed by atoms with Crippen LogP contribution >= 0.6 is 91.5 Å². The van der Waals surface area contributed by atoms with Crippen molar-refractivity contribution in [3.05, 3.63) is 319 Å². The second kappa shape index (κ2) is 28.9. The minimum atomic E-state index is 0. The second-order valence-corrected chi connectivity index (χ2v) is 31.8. The lowest BCUT2D eigenvalue weighted by molar-refractivity contribution is 1.18. The maximum atomic E-state index is 6.36. The third-order valence-electron chi connectivity index (χ3n) is 19.6. The molecule has 13 aromatic carbocycles. The molecule has 0 unspecified atom stereocenters. The van der Waals surface area contributed by atoms with Crippen LogP contribution < -0.4 is 0 Å². The molecule has 0 aliphatic carbocycles. The standard InChI is InChI=1S/C34H20ClN3S.2C28H15ClN2S2.3CH4/c35-34-36-32(31-26-11-5-7-13-30(26)39-33(31)37-34)22-16-14-21(15-17-22)23-18-19-29-27(20-23)25-10-4-6-12-28(25)38(29)24-8-2-1-3-9-24;29-28-30-25(24-21-7-2-4-11-23(21)33-27(24)31-28)17-14-12-16(13-15-17)18-8-5-9-20-19-6-1-3-10-22(19)32-26(18)20;29-28-30-26(25-20-7-2-4-10-22(20)33-27(25)31-28)17-14-12-16(13-15-17)18-8-5-11-23-24(18)19-6-1-3-9-21(19)32-23;;;/h1-20H;2*1-15H;3*1H4. The summed E-state index contributed by atoms with van der Waals surface area (Å²) >= 11 is 27.7. The van der Waals surface area contributed by atoms with E-state index in [4.69, 9.17) is 34.8 Å². The maximum Gasteiger partial charge on any atom is 0.224 e. The first-order valence-corrected chi connectivity index (χ1v) is 39.2. The van der Waals surface area contributed by atoms with Crippen molar-refractivity contribution in [1.82, 2.24) is 34.5 Å². The topological polar surface area (TPSA) is 82.3 Å². The van der Waals surface area contributed by atoms with E-state index in [1.807, 2.05) is 22.7 Å². The monoisotopic (exact) mass is 1540 g/mol. The highest BCUT2D eigenvalue weighted by Gasteiger charge is 2.21. The van der Waals surface area contributed by atoms with Gasteiger partial charge in [0.1, 0.15) is 14.5 Å². The zero-order valence-corrected chi connectivity index (χ0v) is 61.5. The average Bonchev–Trinajstić information content (AvgIpc) is 1.59. The number of para-hydroxylation sites is 2. The summed E-state index contributed by atoms with van der Waals surface area (Å²) in [5.74, 6) is 0. The molecule has 520 valence electrons. The molecule has 0 amide bonds. The summed E-state index contributed by atoms with van der Waals surface area (Å²) < 4.78 is 11.2. The molecule has 0 spiro atoms. The van der Waals surface area contributed by atoms with E-state index in [1.54, 1.807) is 34.0 Å². The summed E-state index contributed by atoms with van der Waals surface area (Å²) in [6.07, 6.45) is 0. The Balaban J connectivity index is 0.000000118. The Kier molecular flexibility index (Phi) is 18.7. The number of rotatable bonds is 7. The number of hydrogen-bond donors (Lipinski definition) is 0. The summed E-state index contributed by atoms with van der Waals surface area (Å²) in [4.78, 5) is 30.2. The van der Waals surface area contributed by atoms with Crippen molar-refractivity contribution >= 4 is 215 Å². The summed E-state index contributed by atoms with van der Waals surface area (Å²) in [6.45, 7) is 0. The van der Waals surface area contributed by atoms with Gasteiger partial charge >= 0.3 is 0 Å². The Bertz CT molecular complexity index is 7200. The van der Waals surface area contributed by atoms with Gasteiger partial charge in [-0.05, 0) is 135 Å². The van der Waals surface area contributed by atoms with Gasteiger partial charge in [0, 0.05) is 120 Å². The largest absolute Gasteiger partial charge is 0.309 e. The van der Waals surface area contributed by atoms with Gasteiger partial charge < -0.3 is 4.57 Å². The quantitative estimate of drug-likeness (QED) is 0.148.